The Labute approximate surface area is 152 Å². The minimum Gasteiger partial charge on any atom is -0.302 e. The van der Waals surface area contributed by atoms with Gasteiger partial charge in [0.15, 0.2) is 5.13 Å². The smallest absolute Gasteiger partial charge is 0.229 e. The van der Waals surface area contributed by atoms with Crippen LogP contribution in [0.2, 0.25) is 5.02 Å². The molecule has 124 valence electrons. The molecule has 1 fully saturated rings. The Morgan fingerprint density at radius 1 is 1.28 bits per heavy atom. The molecule has 1 aliphatic carbocycles. The van der Waals surface area contributed by atoms with Crippen LogP contribution in [-0.4, -0.2) is 21.1 Å². The number of rotatable bonds is 3. The van der Waals surface area contributed by atoms with E-state index in [-0.39, 0.29) is 11.8 Å². The van der Waals surface area contributed by atoms with E-state index in [2.05, 4.69) is 26.6 Å². The fourth-order valence-corrected chi connectivity index (χ4v) is 4.15. The molecule has 2 heterocycles. The summed E-state index contributed by atoms with van der Waals surface area (Å²) < 4.78 is 1.01. The third kappa shape index (κ3) is 2.58. The topological polar surface area (TPSA) is 70.7 Å². The molecular formula is C18H13ClN4OS. The minimum absolute atomic E-state index is 0.0745. The molecule has 25 heavy (non-hydrogen) atoms. The number of carbonyl (C=O) groups is 1. The Hall–Kier alpha value is -2.44. The van der Waals surface area contributed by atoms with Crippen LogP contribution in [0.4, 0.5) is 5.13 Å². The molecule has 2 N–H and O–H groups in total. The average molecular weight is 369 g/mol. The summed E-state index contributed by atoms with van der Waals surface area (Å²) in [5.41, 5.74) is 3.77. The molecule has 5 nitrogen and oxygen atoms in total. The van der Waals surface area contributed by atoms with Gasteiger partial charge in [-0.3, -0.25) is 9.89 Å². The molecule has 0 atom stereocenters. The highest BCUT2D eigenvalue weighted by Gasteiger charge is 2.30. The van der Waals surface area contributed by atoms with Crippen molar-refractivity contribution in [1.29, 1.82) is 0 Å². The Kier molecular flexibility index (Phi) is 3.29. The molecule has 1 amide bonds. The average Bonchev–Trinajstić information content (AvgIpc) is 3.22. The number of thiazole rings is 1. The van der Waals surface area contributed by atoms with E-state index in [1.54, 1.807) is 6.20 Å². The van der Waals surface area contributed by atoms with Crippen LogP contribution in [0.25, 0.3) is 32.2 Å². The minimum atomic E-state index is 0.0745. The van der Waals surface area contributed by atoms with Gasteiger partial charge in [-0.05, 0) is 42.7 Å². The third-order valence-electron chi connectivity index (χ3n) is 4.43. The lowest BCUT2D eigenvalue weighted by molar-refractivity contribution is -0.117. The van der Waals surface area contributed by atoms with Crippen LogP contribution < -0.4 is 5.32 Å². The Morgan fingerprint density at radius 2 is 2.16 bits per heavy atom. The molecule has 0 bridgehead atoms. The first-order valence-corrected chi connectivity index (χ1v) is 9.22. The van der Waals surface area contributed by atoms with Crippen molar-refractivity contribution in [3.05, 3.63) is 41.6 Å². The first-order chi connectivity index (χ1) is 12.2. The molecule has 1 aliphatic rings. The lowest BCUT2D eigenvalue weighted by Crippen LogP contribution is -2.12. The molecule has 2 aromatic carbocycles. The Morgan fingerprint density at radius 3 is 3.00 bits per heavy atom. The van der Waals surface area contributed by atoms with Gasteiger partial charge in [-0.2, -0.15) is 5.10 Å². The van der Waals surface area contributed by atoms with Crippen molar-refractivity contribution < 1.29 is 4.79 Å². The summed E-state index contributed by atoms with van der Waals surface area (Å²) in [5.74, 6) is 0.241. The van der Waals surface area contributed by atoms with Crippen LogP contribution in [0.1, 0.15) is 12.8 Å². The van der Waals surface area contributed by atoms with E-state index in [4.69, 9.17) is 11.6 Å². The lowest BCUT2D eigenvalue weighted by atomic mass is 10.0. The predicted octanol–water partition coefficient (Wildman–Crippen LogP) is 4.84. The number of aromatic amines is 1. The van der Waals surface area contributed by atoms with Crippen LogP contribution in [0.5, 0.6) is 0 Å². The van der Waals surface area contributed by atoms with Crippen molar-refractivity contribution in [1.82, 2.24) is 15.2 Å². The SMILES string of the molecule is O=C(Nc1nc2ccc(-c3c(Cl)ccc4[nH]ncc34)cc2s1)C1CC1. The van der Waals surface area contributed by atoms with Crippen molar-refractivity contribution in [3.63, 3.8) is 0 Å². The Bertz CT molecular complexity index is 1130. The van der Waals surface area contributed by atoms with Crippen molar-refractivity contribution in [2.75, 3.05) is 5.32 Å². The maximum atomic E-state index is 11.9. The largest absolute Gasteiger partial charge is 0.302 e. The molecule has 5 rings (SSSR count). The molecule has 0 saturated heterocycles. The third-order valence-corrected chi connectivity index (χ3v) is 5.68. The van der Waals surface area contributed by atoms with Gasteiger partial charge in [0.1, 0.15) is 0 Å². The van der Waals surface area contributed by atoms with E-state index >= 15 is 0 Å². The van der Waals surface area contributed by atoms with Gasteiger partial charge in [-0.25, -0.2) is 4.98 Å². The fraction of sp³-hybridized carbons (Fsp3) is 0.167. The number of carbonyl (C=O) groups excluding carboxylic acids is 1. The molecule has 7 heteroatoms. The number of benzene rings is 2. The number of nitrogens with zero attached hydrogens (tertiary/aromatic N) is 2. The molecular weight excluding hydrogens is 356 g/mol. The number of aromatic nitrogens is 3. The number of fused-ring (bicyclic) bond motifs is 2. The predicted molar refractivity (Wildman–Crippen MR) is 101 cm³/mol. The van der Waals surface area contributed by atoms with Crippen molar-refractivity contribution >= 4 is 55.1 Å². The van der Waals surface area contributed by atoms with Gasteiger partial charge >= 0.3 is 0 Å². The fourth-order valence-electron chi connectivity index (χ4n) is 2.97. The van der Waals surface area contributed by atoms with Crippen LogP contribution in [0.3, 0.4) is 0 Å². The van der Waals surface area contributed by atoms with Gasteiger partial charge < -0.3 is 5.32 Å². The normalized spacial score (nSPS) is 14.3. The highest BCUT2D eigenvalue weighted by molar-refractivity contribution is 7.22. The van der Waals surface area contributed by atoms with Gasteiger partial charge in [-0.1, -0.05) is 29.0 Å². The van der Waals surface area contributed by atoms with Crippen LogP contribution in [-0.2, 0) is 4.79 Å². The van der Waals surface area contributed by atoms with E-state index in [9.17, 15) is 4.79 Å². The number of anilines is 1. The highest BCUT2D eigenvalue weighted by Crippen LogP contribution is 2.38. The number of H-pyrrole nitrogens is 1. The van der Waals surface area contributed by atoms with E-state index in [0.717, 1.165) is 45.1 Å². The standard InChI is InChI=1S/C18H13ClN4OS/c19-12-4-6-13-11(8-20-23-13)16(12)10-3-5-14-15(7-10)25-18(21-14)22-17(24)9-1-2-9/h3-9H,1-2H2,(H,20,23)(H,21,22,24). The molecule has 0 unspecified atom stereocenters. The molecule has 1 saturated carbocycles. The summed E-state index contributed by atoms with van der Waals surface area (Å²) in [5, 5.41) is 12.3. The van der Waals surface area contributed by atoms with E-state index in [0.29, 0.717) is 10.2 Å². The molecule has 4 aromatic rings. The van der Waals surface area contributed by atoms with E-state index in [1.807, 2.05) is 24.3 Å². The highest BCUT2D eigenvalue weighted by atomic mass is 35.5. The van der Waals surface area contributed by atoms with Crippen LogP contribution >= 0.6 is 22.9 Å². The molecule has 0 radical (unpaired) electrons. The number of nitrogens with one attached hydrogen (secondary N) is 2. The van der Waals surface area contributed by atoms with Crippen molar-refractivity contribution in [2.45, 2.75) is 12.8 Å². The summed E-state index contributed by atoms with van der Waals surface area (Å²) in [6, 6.07) is 9.82. The van der Waals surface area contributed by atoms with Gasteiger partial charge in [0.2, 0.25) is 5.91 Å². The summed E-state index contributed by atoms with van der Waals surface area (Å²) >= 11 is 7.93. The number of amides is 1. The van der Waals surface area contributed by atoms with Crippen molar-refractivity contribution in [2.24, 2.45) is 5.92 Å². The number of hydrogen-bond acceptors (Lipinski definition) is 4. The van der Waals surface area contributed by atoms with E-state index < -0.39 is 0 Å². The zero-order chi connectivity index (χ0) is 17.0. The maximum Gasteiger partial charge on any atom is 0.229 e. The van der Waals surface area contributed by atoms with Gasteiger partial charge in [0, 0.05) is 21.9 Å². The molecule has 0 aliphatic heterocycles. The molecule has 0 spiro atoms. The van der Waals surface area contributed by atoms with Gasteiger partial charge in [0.05, 0.1) is 21.9 Å². The lowest BCUT2D eigenvalue weighted by Gasteiger charge is -2.06. The zero-order valence-corrected chi connectivity index (χ0v) is 14.6. The second-order valence-corrected chi connectivity index (χ2v) is 7.66. The first kappa shape index (κ1) is 14.9. The van der Waals surface area contributed by atoms with Gasteiger partial charge in [0.25, 0.3) is 0 Å². The summed E-state index contributed by atoms with van der Waals surface area (Å²) in [6.45, 7) is 0. The summed E-state index contributed by atoms with van der Waals surface area (Å²) in [4.78, 5) is 16.4. The monoisotopic (exact) mass is 368 g/mol. The van der Waals surface area contributed by atoms with Crippen LogP contribution in [0, 0.1) is 5.92 Å². The van der Waals surface area contributed by atoms with Gasteiger partial charge in [-0.15, -0.1) is 0 Å². The summed E-state index contributed by atoms with van der Waals surface area (Å²) in [6.07, 6.45) is 3.75. The quantitative estimate of drug-likeness (QED) is 0.543. The maximum absolute atomic E-state index is 11.9. The van der Waals surface area contributed by atoms with E-state index in [1.165, 1.54) is 11.3 Å². The second kappa shape index (κ2) is 5.54. The number of halogens is 1. The Balaban J connectivity index is 1.58. The van der Waals surface area contributed by atoms with Crippen molar-refractivity contribution in [3.8, 4) is 11.1 Å². The first-order valence-electron chi connectivity index (χ1n) is 8.02. The second-order valence-electron chi connectivity index (χ2n) is 6.22. The number of hydrogen-bond donors (Lipinski definition) is 2. The zero-order valence-electron chi connectivity index (χ0n) is 13.0. The molecule has 2 aromatic heterocycles. The summed E-state index contributed by atoms with van der Waals surface area (Å²) in [7, 11) is 0. The van der Waals surface area contributed by atoms with Crippen LogP contribution in [0.15, 0.2) is 36.5 Å².